The molecule has 0 aliphatic carbocycles. The fourth-order valence-corrected chi connectivity index (χ4v) is 3.26. The van der Waals surface area contributed by atoms with E-state index in [1.807, 2.05) is 0 Å². The minimum absolute atomic E-state index is 0.204. The number of aromatic nitrogens is 4. The molecule has 2 aromatic heterocycles. The van der Waals surface area contributed by atoms with Crippen molar-refractivity contribution < 1.29 is 27.1 Å². The van der Waals surface area contributed by atoms with E-state index in [4.69, 9.17) is 16.3 Å². The Bertz CT molecular complexity index is 1090. The molecule has 0 bridgehead atoms. The van der Waals surface area contributed by atoms with Gasteiger partial charge in [0.2, 0.25) is 5.88 Å². The van der Waals surface area contributed by atoms with Crippen molar-refractivity contribution in [2.75, 3.05) is 13.2 Å². The Balaban J connectivity index is 1.78. The third-order valence-electron chi connectivity index (χ3n) is 4.57. The number of likely N-dealkylation sites (N-methyl/N-ethyl adjacent to an activating group) is 1. The van der Waals surface area contributed by atoms with Crippen LogP contribution < -0.4 is 4.74 Å². The number of halogens is 5. The van der Waals surface area contributed by atoms with Gasteiger partial charge in [-0.2, -0.15) is 23.4 Å². The van der Waals surface area contributed by atoms with E-state index >= 15 is 0 Å². The second-order valence-corrected chi connectivity index (χ2v) is 7.12. The summed E-state index contributed by atoms with van der Waals surface area (Å²) in [7, 11) is 0. The summed E-state index contributed by atoms with van der Waals surface area (Å²) in [6.07, 6.45) is -1.35. The summed E-state index contributed by atoms with van der Waals surface area (Å²) in [6.45, 7) is 3.46. The van der Waals surface area contributed by atoms with E-state index in [1.54, 1.807) is 32.0 Å². The number of alkyl halides is 3. The lowest BCUT2D eigenvalue weighted by molar-refractivity contribution is -0.138. The Hall–Kier alpha value is -3.21. The van der Waals surface area contributed by atoms with Gasteiger partial charge in [0.05, 0.1) is 34.6 Å². The molecule has 0 fully saturated rings. The maximum atomic E-state index is 14.0. The number of rotatable bonds is 7. The van der Waals surface area contributed by atoms with Crippen LogP contribution in [-0.4, -0.2) is 50.0 Å². The summed E-state index contributed by atoms with van der Waals surface area (Å²) < 4.78 is 57.3. The van der Waals surface area contributed by atoms with Gasteiger partial charge in [0.1, 0.15) is 12.3 Å². The Labute approximate surface area is 185 Å². The predicted molar refractivity (Wildman–Crippen MR) is 107 cm³/mol. The van der Waals surface area contributed by atoms with Crippen LogP contribution >= 0.6 is 11.6 Å². The van der Waals surface area contributed by atoms with E-state index in [0.29, 0.717) is 18.0 Å². The highest BCUT2D eigenvalue weighted by molar-refractivity contribution is 6.33. The second-order valence-electron chi connectivity index (χ2n) is 6.71. The van der Waals surface area contributed by atoms with Crippen LogP contribution in [-0.2, 0) is 6.18 Å². The molecular formula is C20H18ClF4N5O2. The van der Waals surface area contributed by atoms with Crippen molar-refractivity contribution in [3.63, 3.8) is 0 Å². The number of ether oxygens (including phenoxy) is 1. The monoisotopic (exact) mass is 471 g/mol. The first-order valence-corrected chi connectivity index (χ1v) is 9.83. The summed E-state index contributed by atoms with van der Waals surface area (Å²) in [6, 6.07) is 4.51. The summed E-state index contributed by atoms with van der Waals surface area (Å²) in [4.78, 5) is 19.3. The normalized spacial score (nSPS) is 12.5. The highest BCUT2D eigenvalue weighted by atomic mass is 35.5. The molecule has 3 rings (SSSR count). The molecule has 1 unspecified atom stereocenters. The molecule has 0 spiro atoms. The Morgan fingerprint density at radius 3 is 2.56 bits per heavy atom. The zero-order valence-electron chi connectivity index (χ0n) is 17.0. The molecule has 0 aliphatic heterocycles. The quantitative estimate of drug-likeness (QED) is 0.477. The number of hydrogen-bond acceptors (Lipinski definition) is 5. The lowest BCUT2D eigenvalue weighted by atomic mass is 10.1. The number of para-hydroxylation sites is 1. The average Bonchev–Trinajstić information content (AvgIpc) is 3.26. The molecule has 0 saturated heterocycles. The molecular weight excluding hydrogens is 454 g/mol. The van der Waals surface area contributed by atoms with Gasteiger partial charge in [-0.05, 0) is 32.0 Å². The average molecular weight is 472 g/mol. The summed E-state index contributed by atoms with van der Waals surface area (Å²) in [5.41, 5.74) is -0.686. The predicted octanol–water partition coefficient (Wildman–Crippen LogP) is 4.40. The zero-order valence-corrected chi connectivity index (χ0v) is 17.7. The maximum absolute atomic E-state index is 14.0. The van der Waals surface area contributed by atoms with Crippen LogP contribution in [0.25, 0.3) is 5.69 Å². The first kappa shape index (κ1) is 23.5. The van der Waals surface area contributed by atoms with Gasteiger partial charge in [-0.1, -0.05) is 17.7 Å². The maximum Gasteiger partial charge on any atom is 0.417 e. The fraction of sp³-hybridized carbons (Fsp3) is 0.300. The molecule has 2 heterocycles. The molecule has 12 heteroatoms. The number of pyridine rings is 1. The van der Waals surface area contributed by atoms with E-state index in [-0.39, 0.29) is 23.7 Å². The zero-order chi connectivity index (χ0) is 23.5. The Morgan fingerprint density at radius 2 is 1.97 bits per heavy atom. The number of carbonyl (C=O) groups excluding carboxylic acids is 1. The number of nitrogens with zero attached hydrogens (tertiary/aromatic N) is 5. The second kappa shape index (κ2) is 9.51. The van der Waals surface area contributed by atoms with E-state index in [1.165, 1.54) is 22.1 Å². The van der Waals surface area contributed by atoms with Crippen molar-refractivity contribution in [1.82, 2.24) is 24.9 Å². The smallest absolute Gasteiger partial charge is 0.417 e. The summed E-state index contributed by atoms with van der Waals surface area (Å²) in [5.74, 6) is -2.24. The van der Waals surface area contributed by atoms with Gasteiger partial charge in [0.25, 0.3) is 5.91 Å². The SMILES string of the molecule is CCN(C(=O)c1cccc(Cl)c1-n1nccn1)C(C)COc1ncc(C(F)(F)F)cc1F. The fourth-order valence-electron chi connectivity index (χ4n) is 3.01. The standard InChI is InChI=1S/C20H18ClF4N5O2/c1-3-29(12(2)11-32-18-16(22)9-13(10-26-18)20(23,24)25)19(31)14-5-4-6-15(21)17(14)30-27-7-8-28-30/h4-10,12H,3,11H2,1-2H3. The molecule has 1 aromatic carbocycles. The summed E-state index contributed by atoms with van der Waals surface area (Å²) in [5, 5.41) is 8.32. The van der Waals surface area contributed by atoms with Crippen LogP contribution in [0.3, 0.4) is 0 Å². The van der Waals surface area contributed by atoms with Crippen molar-refractivity contribution in [2.24, 2.45) is 0 Å². The molecule has 0 radical (unpaired) electrons. The van der Waals surface area contributed by atoms with E-state index in [9.17, 15) is 22.4 Å². The van der Waals surface area contributed by atoms with E-state index in [2.05, 4.69) is 15.2 Å². The third kappa shape index (κ3) is 4.98. The number of carbonyl (C=O) groups is 1. The molecule has 32 heavy (non-hydrogen) atoms. The lowest BCUT2D eigenvalue weighted by Crippen LogP contribution is -2.42. The van der Waals surface area contributed by atoms with Gasteiger partial charge in [-0.25, -0.2) is 9.37 Å². The topological polar surface area (TPSA) is 73.1 Å². The molecule has 170 valence electrons. The minimum Gasteiger partial charge on any atom is -0.473 e. The minimum atomic E-state index is -4.72. The van der Waals surface area contributed by atoms with Crippen molar-refractivity contribution in [3.05, 3.63) is 64.8 Å². The van der Waals surface area contributed by atoms with Crippen LogP contribution in [0.15, 0.2) is 42.9 Å². The Morgan fingerprint density at radius 1 is 1.28 bits per heavy atom. The van der Waals surface area contributed by atoms with Crippen molar-refractivity contribution in [2.45, 2.75) is 26.1 Å². The van der Waals surface area contributed by atoms with Gasteiger partial charge in [-0.15, -0.1) is 4.80 Å². The van der Waals surface area contributed by atoms with Gasteiger partial charge < -0.3 is 9.64 Å². The van der Waals surface area contributed by atoms with Crippen LogP contribution in [0, 0.1) is 5.82 Å². The number of amides is 1. The highest BCUT2D eigenvalue weighted by Crippen LogP contribution is 2.31. The Kier molecular flexibility index (Phi) is 6.97. The lowest BCUT2D eigenvalue weighted by Gasteiger charge is -2.28. The van der Waals surface area contributed by atoms with Crippen molar-refractivity contribution in [3.8, 4) is 11.6 Å². The summed E-state index contributed by atoms with van der Waals surface area (Å²) >= 11 is 6.27. The van der Waals surface area contributed by atoms with E-state index < -0.39 is 35.4 Å². The molecule has 7 nitrogen and oxygen atoms in total. The number of benzene rings is 1. The molecule has 0 N–H and O–H groups in total. The first-order valence-electron chi connectivity index (χ1n) is 9.45. The first-order chi connectivity index (χ1) is 15.1. The van der Waals surface area contributed by atoms with Gasteiger partial charge in [0.15, 0.2) is 5.82 Å². The van der Waals surface area contributed by atoms with Crippen LogP contribution in [0.1, 0.15) is 29.8 Å². The van der Waals surface area contributed by atoms with Gasteiger partial charge in [0, 0.05) is 12.7 Å². The van der Waals surface area contributed by atoms with Gasteiger partial charge in [-0.3, -0.25) is 4.79 Å². The van der Waals surface area contributed by atoms with Crippen molar-refractivity contribution in [1.29, 1.82) is 0 Å². The van der Waals surface area contributed by atoms with Crippen LogP contribution in [0.2, 0.25) is 5.02 Å². The molecule has 0 aliphatic rings. The molecule has 0 saturated carbocycles. The van der Waals surface area contributed by atoms with Crippen LogP contribution in [0.4, 0.5) is 17.6 Å². The highest BCUT2D eigenvalue weighted by Gasteiger charge is 2.32. The van der Waals surface area contributed by atoms with E-state index in [0.717, 1.165) is 0 Å². The number of hydrogen-bond donors (Lipinski definition) is 0. The van der Waals surface area contributed by atoms with Crippen LogP contribution in [0.5, 0.6) is 5.88 Å². The molecule has 1 amide bonds. The molecule has 1 atom stereocenters. The van der Waals surface area contributed by atoms with Crippen molar-refractivity contribution >= 4 is 17.5 Å². The third-order valence-corrected chi connectivity index (χ3v) is 4.87. The van der Waals surface area contributed by atoms with Gasteiger partial charge >= 0.3 is 6.18 Å². The largest absolute Gasteiger partial charge is 0.473 e. The molecule has 3 aromatic rings.